The zero-order chi connectivity index (χ0) is 46.8. The number of nitrogens with zero attached hydrogens (tertiary/aromatic N) is 3. The summed E-state index contributed by atoms with van der Waals surface area (Å²) in [6.07, 6.45) is 0. The molecule has 0 radical (unpaired) electrons. The number of aromatic nitrogens is 1. The summed E-state index contributed by atoms with van der Waals surface area (Å²) < 4.78 is 2.48. The molecule has 0 aliphatic rings. The van der Waals surface area contributed by atoms with Gasteiger partial charge in [0, 0.05) is 50.6 Å². The van der Waals surface area contributed by atoms with Crippen LogP contribution in [0.4, 0.5) is 34.1 Å². The molecule has 71 heavy (non-hydrogen) atoms. The topological polar surface area (TPSA) is 11.4 Å². The first kappa shape index (κ1) is 40.6. The van der Waals surface area contributed by atoms with Crippen molar-refractivity contribution in [2.24, 2.45) is 0 Å². The standard InChI is InChI=1S/C68H45N3/c1-5-19-51(20-6-1)69(52-21-7-2-8-22-52)55-33-35-56(36-34-55)71-66-40-32-50-42-63-58-27-15-16-28-59(58)64-44-57(70(53-23-9-3-10-24-53)54-25-11-4-12-26-54)37-39-60(64)65(63)45-62(50)68(66)61-38-31-49(43-67(61)71)48-30-29-46-17-13-14-18-47(46)41-48/h1-45H. The van der Waals surface area contributed by atoms with Crippen LogP contribution in [-0.2, 0) is 0 Å². The Kier molecular flexibility index (Phi) is 9.53. The molecule has 0 bridgehead atoms. The number of hydrogen-bond donors (Lipinski definition) is 0. The third-order valence-corrected chi connectivity index (χ3v) is 14.5. The number of benzene rings is 13. The first-order chi connectivity index (χ1) is 35.2. The number of rotatable bonds is 8. The highest BCUT2D eigenvalue weighted by Gasteiger charge is 2.21. The van der Waals surface area contributed by atoms with Crippen molar-refractivity contribution >= 4 is 110 Å². The minimum Gasteiger partial charge on any atom is -0.311 e. The van der Waals surface area contributed by atoms with Gasteiger partial charge in [-0.05, 0) is 180 Å². The lowest BCUT2D eigenvalue weighted by Gasteiger charge is -2.26. The first-order valence-corrected chi connectivity index (χ1v) is 24.4. The van der Waals surface area contributed by atoms with Crippen molar-refractivity contribution in [3.05, 3.63) is 273 Å². The van der Waals surface area contributed by atoms with E-state index < -0.39 is 0 Å². The van der Waals surface area contributed by atoms with Crippen LogP contribution in [0.5, 0.6) is 0 Å². The average molecular weight is 904 g/mol. The zero-order valence-electron chi connectivity index (χ0n) is 38.8. The fourth-order valence-electron chi connectivity index (χ4n) is 11.2. The maximum absolute atomic E-state index is 2.48. The molecule has 0 N–H and O–H groups in total. The minimum absolute atomic E-state index is 1.10. The lowest BCUT2D eigenvalue weighted by atomic mass is 9.91. The van der Waals surface area contributed by atoms with Gasteiger partial charge in [0.05, 0.1) is 11.0 Å². The van der Waals surface area contributed by atoms with Crippen molar-refractivity contribution in [1.82, 2.24) is 4.57 Å². The lowest BCUT2D eigenvalue weighted by Crippen LogP contribution is -2.09. The molecule has 0 spiro atoms. The molecule has 3 nitrogen and oxygen atoms in total. The Balaban J connectivity index is 1.00. The lowest BCUT2D eigenvalue weighted by molar-refractivity contribution is 1.17. The Morgan fingerprint density at radius 3 is 1.31 bits per heavy atom. The van der Waals surface area contributed by atoms with Gasteiger partial charge in [0.1, 0.15) is 0 Å². The maximum Gasteiger partial charge on any atom is 0.0547 e. The summed E-state index contributed by atoms with van der Waals surface area (Å²) in [5, 5.41) is 14.9. The van der Waals surface area contributed by atoms with Crippen molar-refractivity contribution in [3.63, 3.8) is 0 Å². The molecule has 14 rings (SSSR count). The molecular formula is C68H45N3. The molecule has 1 heterocycles. The first-order valence-electron chi connectivity index (χ1n) is 24.4. The molecule has 0 aliphatic carbocycles. The van der Waals surface area contributed by atoms with E-state index in [9.17, 15) is 0 Å². The Morgan fingerprint density at radius 2 is 0.676 bits per heavy atom. The van der Waals surface area contributed by atoms with Crippen LogP contribution in [0.25, 0.3) is 92.5 Å². The van der Waals surface area contributed by atoms with Crippen LogP contribution in [0, 0.1) is 0 Å². The van der Waals surface area contributed by atoms with Crippen LogP contribution in [0.15, 0.2) is 273 Å². The third kappa shape index (κ3) is 6.82. The summed E-state index contributed by atoms with van der Waals surface area (Å²) >= 11 is 0. The molecular weight excluding hydrogens is 859 g/mol. The Hall–Kier alpha value is -9.44. The summed E-state index contributed by atoms with van der Waals surface area (Å²) in [6.45, 7) is 0. The van der Waals surface area contributed by atoms with Crippen molar-refractivity contribution in [2.45, 2.75) is 0 Å². The summed E-state index contributed by atoms with van der Waals surface area (Å²) in [4.78, 5) is 4.68. The molecule has 0 saturated heterocycles. The van der Waals surface area contributed by atoms with Gasteiger partial charge in [0.25, 0.3) is 0 Å². The monoisotopic (exact) mass is 903 g/mol. The second-order valence-corrected chi connectivity index (χ2v) is 18.5. The fourth-order valence-corrected chi connectivity index (χ4v) is 11.2. The van der Waals surface area contributed by atoms with E-state index in [2.05, 4.69) is 287 Å². The molecule has 0 aliphatic heterocycles. The average Bonchev–Trinajstić information content (AvgIpc) is 3.78. The van der Waals surface area contributed by atoms with E-state index in [0.29, 0.717) is 0 Å². The van der Waals surface area contributed by atoms with E-state index in [0.717, 1.165) is 39.8 Å². The molecule has 3 heteroatoms. The predicted molar refractivity (Wildman–Crippen MR) is 303 cm³/mol. The maximum atomic E-state index is 2.48. The van der Waals surface area contributed by atoms with Gasteiger partial charge in [-0.1, -0.05) is 158 Å². The minimum atomic E-state index is 1.10. The second-order valence-electron chi connectivity index (χ2n) is 18.5. The van der Waals surface area contributed by atoms with Gasteiger partial charge in [-0.25, -0.2) is 0 Å². The molecule has 332 valence electrons. The van der Waals surface area contributed by atoms with E-state index >= 15 is 0 Å². The molecule has 0 saturated carbocycles. The van der Waals surface area contributed by atoms with Crippen molar-refractivity contribution in [2.75, 3.05) is 9.80 Å². The number of anilines is 6. The fraction of sp³-hybridized carbons (Fsp3) is 0. The molecule has 0 unspecified atom stereocenters. The van der Waals surface area contributed by atoms with Crippen molar-refractivity contribution < 1.29 is 0 Å². The van der Waals surface area contributed by atoms with Crippen LogP contribution in [-0.4, -0.2) is 4.57 Å². The van der Waals surface area contributed by atoms with Crippen LogP contribution in [0.3, 0.4) is 0 Å². The second kappa shape index (κ2) is 16.7. The molecule has 1 aromatic heterocycles. The summed E-state index contributed by atoms with van der Waals surface area (Å²) in [5.41, 5.74) is 12.5. The van der Waals surface area contributed by atoms with Gasteiger partial charge in [-0.3, -0.25) is 0 Å². The van der Waals surface area contributed by atoms with E-state index in [1.165, 1.54) is 86.8 Å². The number of hydrogen-bond acceptors (Lipinski definition) is 2. The Labute approximate surface area is 411 Å². The van der Waals surface area contributed by atoms with Gasteiger partial charge in [-0.15, -0.1) is 0 Å². The molecule has 13 aromatic carbocycles. The highest BCUT2D eigenvalue weighted by atomic mass is 15.1. The van der Waals surface area contributed by atoms with Crippen LogP contribution < -0.4 is 9.80 Å². The number of fused-ring (bicyclic) bond motifs is 12. The smallest absolute Gasteiger partial charge is 0.0547 e. The summed E-state index contributed by atoms with van der Waals surface area (Å²) in [6, 6.07) is 99.8. The van der Waals surface area contributed by atoms with E-state index in [1.807, 2.05) is 0 Å². The molecule has 14 aromatic rings. The van der Waals surface area contributed by atoms with Gasteiger partial charge < -0.3 is 14.4 Å². The summed E-state index contributed by atoms with van der Waals surface area (Å²) in [7, 11) is 0. The molecule has 0 amide bonds. The number of para-hydroxylation sites is 4. The van der Waals surface area contributed by atoms with Crippen LogP contribution in [0.2, 0.25) is 0 Å². The van der Waals surface area contributed by atoms with Crippen molar-refractivity contribution in [1.29, 1.82) is 0 Å². The zero-order valence-corrected chi connectivity index (χ0v) is 38.8. The highest BCUT2D eigenvalue weighted by Crippen LogP contribution is 2.45. The Bertz CT molecular complexity index is 4240. The predicted octanol–water partition coefficient (Wildman–Crippen LogP) is 19.2. The Morgan fingerprint density at radius 1 is 0.225 bits per heavy atom. The largest absolute Gasteiger partial charge is 0.311 e. The molecule has 0 fully saturated rings. The van der Waals surface area contributed by atoms with Crippen LogP contribution in [0.1, 0.15) is 0 Å². The quantitative estimate of drug-likeness (QED) is 0.111. The van der Waals surface area contributed by atoms with Gasteiger partial charge >= 0.3 is 0 Å². The van der Waals surface area contributed by atoms with E-state index in [1.54, 1.807) is 0 Å². The van der Waals surface area contributed by atoms with Crippen molar-refractivity contribution in [3.8, 4) is 16.8 Å². The van der Waals surface area contributed by atoms with Gasteiger partial charge in [0.2, 0.25) is 0 Å². The normalized spacial score (nSPS) is 11.7. The highest BCUT2D eigenvalue weighted by molar-refractivity contribution is 6.31. The SMILES string of the molecule is c1ccc(N(c2ccccc2)c2ccc(-n3c4cc(-c5ccc6ccccc6c5)ccc4c4c5cc6c7ccc(N(c8ccccc8)c8ccccc8)cc7c7ccccc7c6cc5ccc43)cc2)cc1. The van der Waals surface area contributed by atoms with E-state index in [4.69, 9.17) is 0 Å². The third-order valence-electron chi connectivity index (χ3n) is 14.5. The van der Waals surface area contributed by atoms with Crippen LogP contribution >= 0.6 is 0 Å². The van der Waals surface area contributed by atoms with Gasteiger partial charge in [0.15, 0.2) is 0 Å². The van der Waals surface area contributed by atoms with E-state index in [-0.39, 0.29) is 0 Å². The van der Waals surface area contributed by atoms with Gasteiger partial charge in [-0.2, -0.15) is 0 Å². The molecule has 0 atom stereocenters. The summed E-state index contributed by atoms with van der Waals surface area (Å²) in [5.74, 6) is 0.